The van der Waals surface area contributed by atoms with Crippen molar-refractivity contribution in [1.82, 2.24) is 9.88 Å². The molecule has 0 amide bonds. The van der Waals surface area contributed by atoms with Crippen molar-refractivity contribution in [3.63, 3.8) is 0 Å². The van der Waals surface area contributed by atoms with Crippen LogP contribution in [0.2, 0.25) is 0 Å². The number of aromatic nitrogens is 1. The van der Waals surface area contributed by atoms with E-state index < -0.39 is 17.6 Å². The summed E-state index contributed by atoms with van der Waals surface area (Å²) in [6, 6.07) is 9.16. The Morgan fingerprint density at radius 3 is 2.48 bits per heavy atom. The van der Waals surface area contributed by atoms with Crippen LogP contribution in [-0.4, -0.2) is 11.6 Å². The first-order valence-electron chi connectivity index (χ1n) is 8.37. The van der Waals surface area contributed by atoms with E-state index in [1.165, 1.54) is 0 Å². The van der Waals surface area contributed by atoms with E-state index in [0.717, 1.165) is 12.1 Å². The van der Waals surface area contributed by atoms with Gasteiger partial charge in [-0.2, -0.15) is 13.2 Å². The lowest BCUT2D eigenvalue weighted by Crippen LogP contribution is -2.23. The van der Waals surface area contributed by atoms with E-state index in [0.29, 0.717) is 22.5 Å². The average Bonchev–Trinajstić information content (AvgIpc) is 2.64. The molecule has 0 fully saturated rings. The number of nitrogens with one attached hydrogen (secondary N) is 1. The van der Waals surface area contributed by atoms with Crippen molar-refractivity contribution in [3.05, 3.63) is 81.4 Å². The number of rotatable bonds is 4. The Bertz CT molecular complexity index is 1040. The summed E-state index contributed by atoms with van der Waals surface area (Å²) in [4.78, 5) is 12.7. The Labute approximate surface area is 153 Å². The molecule has 0 saturated heterocycles. The quantitative estimate of drug-likeness (QED) is 0.679. The maximum Gasteiger partial charge on any atom is 0.416 e. The van der Waals surface area contributed by atoms with E-state index in [1.807, 2.05) is 6.92 Å². The third kappa shape index (κ3) is 3.73. The molecule has 1 heterocycles. The van der Waals surface area contributed by atoms with Crippen LogP contribution in [0.15, 0.2) is 53.5 Å². The summed E-state index contributed by atoms with van der Waals surface area (Å²) in [5, 5.41) is 3.48. The molecule has 0 aliphatic carbocycles. The molecule has 0 aliphatic heterocycles. The number of alkyl halides is 3. The fourth-order valence-corrected chi connectivity index (χ4v) is 3.00. The summed E-state index contributed by atoms with van der Waals surface area (Å²) in [6.07, 6.45) is -2.97. The smallest absolute Gasteiger partial charge is 0.342 e. The lowest BCUT2D eigenvalue weighted by Gasteiger charge is -2.17. The van der Waals surface area contributed by atoms with Gasteiger partial charge in [-0.05, 0) is 38.2 Å². The van der Waals surface area contributed by atoms with Crippen molar-refractivity contribution in [2.75, 3.05) is 7.05 Å². The molecular weight excluding hydrogens is 360 g/mol. The standard InChI is InChI=1S/C20H18F4N2O/c1-12(25-2)16-11-26(18-6-4-3-5-15(18)19(16)27)10-13-7-8-14(9-17(13)21)20(22,23)24/h3-9,11-12,25H,10H2,1-2H3. The third-order valence-electron chi connectivity index (χ3n) is 4.64. The highest BCUT2D eigenvalue weighted by Gasteiger charge is 2.31. The van der Waals surface area contributed by atoms with Gasteiger partial charge in [0.1, 0.15) is 5.82 Å². The molecule has 0 bridgehead atoms. The molecule has 27 heavy (non-hydrogen) atoms. The third-order valence-corrected chi connectivity index (χ3v) is 4.64. The van der Waals surface area contributed by atoms with Gasteiger partial charge in [-0.25, -0.2) is 4.39 Å². The molecule has 1 N–H and O–H groups in total. The van der Waals surface area contributed by atoms with Gasteiger partial charge in [0, 0.05) is 28.8 Å². The Morgan fingerprint density at radius 1 is 1.15 bits per heavy atom. The van der Waals surface area contributed by atoms with Crippen molar-refractivity contribution in [1.29, 1.82) is 0 Å². The Balaban J connectivity index is 2.12. The number of hydrogen-bond donors (Lipinski definition) is 1. The van der Waals surface area contributed by atoms with Crippen molar-refractivity contribution in [2.24, 2.45) is 0 Å². The number of fused-ring (bicyclic) bond motifs is 1. The summed E-state index contributed by atoms with van der Waals surface area (Å²) in [7, 11) is 1.72. The summed E-state index contributed by atoms with van der Waals surface area (Å²) in [6.45, 7) is 1.84. The van der Waals surface area contributed by atoms with Crippen molar-refractivity contribution < 1.29 is 17.6 Å². The Morgan fingerprint density at radius 2 is 1.85 bits per heavy atom. The van der Waals surface area contributed by atoms with Crippen LogP contribution in [0, 0.1) is 5.82 Å². The monoisotopic (exact) mass is 378 g/mol. The van der Waals surface area contributed by atoms with Crippen LogP contribution in [0.1, 0.15) is 29.7 Å². The van der Waals surface area contributed by atoms with Crippen LogP contribution in [0.5, 0.6) is 0 Å². The highest BCUT2D eigenvalue weighted by atomic mass is 19.4. The molecular formula is C20H18F4N2O. The molecule has 2 aromatic carbocycles. The van der Waals surface area contributed by atoms with Crippen LogP contribution < -0.4 is 10.7 Å². The summed E-state index contributed by atoms with van der Waals surface area (Å²) in [5.41, 5.74) is 0.0480. The largest absolute Gasteiger partial charge is 0.416 e. The summed E-state index contributed by atoms with van der Waals surface area (Å²) >= 11 is 0. The zero-order valence-electron chi connectivity index (χ0n) is 14.8. The van der Waals surface area contributed by atoms with Gasteiger partial charge in [0.15, 0.2) is 5.43 Å². The minimum atomic E-state index is -4.60. The van der Waals surface area contributed by atoms with E-state index >= 15 is 0 Å². The van der Waals surface area contributed by atoms with E-state index in [9.17, 15) is 22.4 Å². The van der Waals surface area contributed by atoms with Gasteiger partial charge in [0.2, 0.25) is 0 Å². The molecule has 142 valence electrons. The number of halogens is 4. The highest BCUT2D eigenvalue weighted by Crippen LogP contribution is 2.30. The van der Waals surface area contributed by atoms with Crippen LogP contribution in [0.25, 0.3) is 10.9 Å². The minimum Gasteiger partial charge on any atom is -0.342 e. The number of benzene rings is 2. The van der Waals surface area contributed by atoms with Crippen LogP contribution >= 0.6 is 0 Å². The fraction of sp³-hybridized carbons (Fsp3) is 0.250. The van der Waals surface area contributed by atoms with Gasteiger partial charge >= 0.3 is 6.18 Å². The zero-order valence-corrected chi connectivity index (χ0v) is 14.8. The lowest BCUT2D eigenvalue weighted by atomic mass is 10.1. The first kappa shape index (κ1) is 19.1. The van der Waals surface area contributed by atoms with Crippen molar-refractivity contribution in [2.45, 2.75) is 25.7 Å². The second-order valence-electron chi connectivity index (χ2n) is 6.37. The van der Waals surface area contributed by atoms with E-state index in [4.69, 9.17) is 0 Å². The van der Waals surface area contributed by atoms with Crippen LogP contribution in [0.3, 0.4) is 0 Å². The van der Waals surface area contributed by atoms with Crippen molar-refractivity contribution >= 4 is 10.9 Å². The number of nitrogens with zero attached hydrogens (tertiary/aromatic N) is 1. The van der Waals surface area contributed by atoms with Gasteiger partial charge in [-0.3, -0.25) is 4.79 Å². The first-order valence-corrected chi connectivity index (χ1v) is 8.37. The fourth-order valence-electron chi connectivity index (χ4n) is 3.00. The molecule has 3 aromatic rings. The lowest BCUT2D eigenvalue weighted by molar-refractivity contribution is -0.137. The molecule has 3 nitrogen and oxygen atoms in total. The maximum atomic E-state index is 14.3. The first-order chi connectivity index (χ1) is 12.7. The number of para-hydroxylation sites is 1. The molecule has 1 aromatic heterocycles. The predicted octanol–water partition coefficient (Wildman–Crippen LogP) is 4.49. The molecule has 0 spiro atoms. The van der Waals surface area contributed by atoms with Crippen LogP contribution in [0.4, 0.5) is 17.6 Å². The van der Waals surface area contributed by atoms with Crippen molar-refractivity contribution in [3.8, 4) is 0 Å². The summed E-state index contributed by atoms with van der Waals surface area (Å²) in [5.74, 6) is -0.934. The molecule has 3 rings (SSSR count). The zero-order chi connectivity index (χ0) is 19.8. The number of hydrogen-bond acceptors (Lipinski definition) is 2. The van der Waals surface area contributed by atoms with Gasteiger partial charge in [0.05, 0.1) is 17.6 Å². The van der Waals surface area contributed by atoms with Gasteiger partial charge in [0.25, 0.3) is 0 Å². The van der Waals surface area contributed by atoms with E-state index in [1.54, 1.807) is 42.1 Å². The normalized spacial score (nSPS) is 13.1. The molecule has 7 heteroatoms. The molecule has 0 radical (unpaired) electrons. The number of pyridine rings is 1. The van der Waals surface area contributed by atoms with Crippen LogP contribution in [-0.2, 0) is 12.7 Å². The second-order valence-corrected chi connectivity index (χ2v) is 6.37. The predicted molar refractivity (Wildman–Crippen MR) is 96.2 cm³/mol. The minimum absolute atomic E-state index is 0.00813. The Kier molecular flexibility index (Phi) is 5.06. The van der Waals surface area contributed by atoms with E-state index in [-0.39, 0.29) is 23.6 Å². The second kappa shape index (κ2) is 7.15. The highest BCUT2D eigenvalue weighted by molar-refractivity contribution is 5.79. The molecule has 1 unspecified atom stereocenters. The molecule has 1 atom stereocenters. The molecule has 0 saturated carbocycles. The molecule has 0 aliphatic rings. The van der Waals surface area contributed by atoms with E-state index in [2.05, 4.69) is 5.32 Å². The SMILES string of the molecule is CNC(C)c1cn(Cc2ccc(C(F)(F)F)cc2F)c2ccccc2c1=O. The van der Waals surface area contributed by atoms with Gasteiger partial charge in [-0.1, -0.05) is 18.2 Å². The van der Waals surface area contributed by atoms with Gasteiger partial charge < -0.3 is 9.88 Å². The topological polar surface area (TPSA) is 34.0 Å². The van der Waals surface area contributed by atoms with Gasteiger partial charge in [-0.15, -0.1) is 0 Å². The average molecular weight is 378 g/mol. The summed E-state index contributed by atoms with van der Waals surface area (Å²) < 4.78 is 54.2. The Hall–Kier alpha value is -2.67. The maximum absolute atomic E-state index is 14.3.